The van der Waals surface area contributed by atoms with Gasteiger partial charge in [0.15, 0.2) is 0 Å². The van der Waals surface area contributed by atoms with Gasteiger partial charge in [0.2, 0.25) is 5.91 Å². The molecule has 1 aliphatic heterocycles. The Bertz CT molecular complexity index is 1080. The zero-order valence-electron chi connectivity index (χ0n) is 17.4. The van der Waals surface area contributed by atoms with Crippen LogP contribution in [0.5, 0.6) is 0 Å². The van der Waals surface area contributed by atoms with Crippen molar-refractivity contribution in [3.05, 3.63) is 71.4 Å². The van der Waals surface area contributed by atoms with Gasteiger partial charge in [-0.3, -0.25) is 4.79 Å². The molecule has 1 saturated heterocycles. The van der Waals surface area contributed by atoms with Crippen molar-refractivity contribution in [2.75, 3.05) is 6.54 Å². The quantitative estimate of drug-likeness (QED) is 0.675. The smallest absolute Gasteiger partial charge is 0.244 e. The van der Waals surface area contributed by atoms with E-state index in [0.29, 0.717) is 5.56 Å². The molecule has 1 aromatic heterocycles. The molecule has 2 aromatic carbocycles. The third kappa shape index (κ3) is 3.83. The summed E-state index contributed by atoms with van der Waals surface area (Å²) in [6.07, 6.45) is 3.88. The number of carbonyl (C=O) groups excluding carboxylic acids is 1. The van der Waals surface area contributed by atoms with Crippen LogP contribution in [0.3, 0.4) is 0 Å². The molecule has 3 aromatic rings. The first kappa shape index (κ1) is 20.2. The summed E-state index contributed by atoms with van der Waals surface area (Å²) in [4.78, 5) is 15.1. The van der Waals surface area contributed by atoms with Gasteiger partial charge in [-0.05, 0) is 61.8 Å². The van der Waals surface area contributed by atoms with Crippen molar-refractivity contribution in [2.45, 2.75) is 51.2 Å². The first-order valence-electron chi connectivity index (χ1n) is 10.8. The Labute approximate surface area is 177 Å². The highest BCUT2D eigenvalue weighted by Gasteiger charge is 2.32. The number of aromatic nitrogens is 1. The van der Waals surface area contributed by atoms with Crippen LogP contribution < -0.4 is 5.73 Å². The second-order valence-electron chi connectivity index (χ2n) is 8.02. The van der Waals surface area contributed by atoms with Gasteiger partial charge in [0, 0.05) is 30.3 Å². The van der Waals surface area contributed by atoms with Gasteiger partial charge < -0.3 is 15.2 Å². The van der Waals surface area contributed by atoms with E-state index in [1.807, 2.05) is 53.4 Å². The Hall–Kier alpha value is -3.10. The summed E-state index contributed by atoms with van der Waals surface area (Å²) < 4.78 is 2.28. The van der Waals surface area contributed by atoms with Gasteiger partial charge in [0.25, 0.3) is 0 Å². The summed E-state index contributed by atoms with van der Waals surface area (Å²) in [7, 11) is 0. The number of rotatable bonds is 6. The fourth-order valence-electron chi connectivity index (χ4n) is 4.68. The van der Waals surface area contributed by atoms with E-state index in [1.54, 1.807) is 0 Å². The minimum Gasteiger partial charge on any atom is -0.345 e. The highest BCUT2D eigenvalue weighted by Crippen LogP contribution is 2.27. The number of amides is 1. The number of carbonyl (C=O) groups is 1. The van der Waals surface area contributed by atoms with Gasteiger partial charge in [-0.1, -0.05) is 36.4 Å². The van der Waals surface area contributed by atoms with Crippen molar-refractivity contribution in [3.63, 3.8) is 0 Å². The molecular formula is C25H28N4O. The number of nitrogens with two attached hydrogens (primary N) is 1. The monoisotopic (exact) mass is 400 g/mol. The molecule has 2 N–H and O–H groups in total. The summed E-state index contributed by atoms with van der Waals surface area (Å²) in [5.74, 6) is 0.0263. The number of benzene rings is 2. The average molecular weight is 401 g/mol. The summed E-state index contributed by atoms with van der Waals surface area (Å²) in [6.45, 7) is 3.78. The molecule has 5 nitrogen and oxygen atoms in total. The number of likely N-dealkylation sites (tertiary alicyclic amines) is 1. The van der Waals surface area contributed by atoms with Crippen molar-refractivity contribution in [1.29, 1.82) is 5.26 Å². The van der Waals surface area contributed by atoms with Crippen LogP contribution in [0.25, 0.3) is 10.9 Å². The number of nitrogens with zero attached hydrogens (tertiary/aromatic N) is 3. The molecule has 2 atom stereocenters. The van der Waals surface area contributed by atoms with Crippen LogP contribution in [0.15, 0.2) is 54.6 Å². The van der Waals surface area contributed by atoms with E-state index < -0.39 is 6.04 Å². The molecule has 1 aliphatic rings. The number of fused-ring (bicyclic) bond motifs is 1. The first-order chi connectivity index (χ1) is 14.6. The normalized spacial score (nSPS) is 17.2. The molecule has 0 radical (unpaired) electrons. The van der Waals surface area contributed by atoms with Gasteiger partial charge in [-0.15, -0.1) is 0 Å². The number of hydrogen-bond acceptors (Lipinski definition) is 3. The lowest BCUT2D eigenvalue weighted by Gasteiger charge is -2.28. The Morgan fingerprint density at radius 3 is 2.77 bits per heavy atom. The molecule has 30 heavy (non-hydrogen) atoms. The van der Waals surface area contributed by atoms with Gasteiger partial charge in [-0.25, -0.2) is 0 Å². The van der Waals surface area contributed by atoms with E-state index in [-0.39, 0.29) is 11.9 Å². The standard InChI is InChI=1S/C25H28N4O/c1-2-28-22(16-20-11-10-18(17-26)15-23(20)28)13-12-21-9-6-14-29(21)25(30)24(27)19-7-4-3-5-8-19/h3-5,7-8,10-11,15-16,21,24H,2,6,9,12-14,27H2,1H3/t21-,24+/m0/s1. The van der Waals surface area contributed by atoms with Crippen LogP contribution in [0.2, 0.25) is 0 Å². The molecule has 1 amide bonds. The topological polar surface area (TPSA) is 75.1 Å². The van der Waals surface area contributed by atoms with Crippen molar-refractivity contribution in [2.24, 2.45) is 5.73 Å². The van der Waals surface area contributed by atoms with Crippen molar-refractivity contribution < 1.29 is 4.79 Å². The molecule has 5 heteroatoms. The first-order valence-corrected chi connectivity index (χ1v) is 10.8. The highest BCUT2D eigenvalue weighted by atomic mass is 16.2. The predicted molar refractivity (Wildman–Crippen MR) is 119 cm³/mol. The summed E-state index contributed by atoms with van der Waals surface area (Å²) in [5, 5.41) is 10.4. The maximum Gasteiger partial charge on any atom is 0.244 e. The fraction of sp³-hybridized carbons (Fsp3) is 0.360. The zero-order valence-corrected chi connectivity index (χ0v) is 17.4. The van der Waals surface area contributed by atoms with E-state index in [1.165, 1.54) is 5.69 Å². The predicted octanol–water partition coefficient (Wildman–Crippen LogP) is 4.16. The largest absolute Gasteiger partial charge is 0.345 e. The Balaban J connectivity index is 1.49. The van der Waals surface area contributed by atoms with Crippen LogP contribution in [-0.4, -0.2) is 28.0 Å². The molecule has 154 valence electrons. The van der Waals surface area contributed by atoms with Crippen LogP contribution in [0.1, 0.15) is 49.0 Å². The molecular weight excluding hydrogens is 372 g/mol. The van der Waals surface area contributed by atoms with Crippen molar-refractivity contribution in [1.82, 2.24) is 9.47 Å². The van der Waals surface area contributed by atoms with E-state index in [4.69, 9.17) is 5.73 Å². The average Bonchev–Trinajstić information content (AvgIpc) is 3.40. The SMILES string of the molecule is CCn1c(CC[C@@H]2CCCN2C(=O)[C@H](N)c2ccccc2)cc2ccc(C#N)cc21. The molecule has 1 fully saturated rings. The molecule has 0 unspecified atom stereocenters. The maximum atomic E-state index is 13.1. The van der Waals surface area contributed by atoms with Gasteiger partial charge >= 0.3 is 0 Å². The summed E-state index contributed by atoms with van der Waals surface area (Å²) in [6, 6.07) is 19.6. The van der Waals surface area contributed by atoms with E-state index >= 15 is 0 Å². The molecule has 0 spiro atoms. The third-order valence-electron chi connectivity index (χ3n) is 6.25. The third-order valence-corrected chi connectivity index (χ3v) is 6.25. The molecule has 0 aliphatic carbocycles. The summed E-state index contributed by atoms with van der Waals surface area (Å²) in [5.41, 5.74) is 10.2. The van der Waals surface area contributed by atoms with E-state index in [9.17, 15) is 10.1 Å². The van der Waals surface area contributed by atoms with Crippen molar-refractivity contribution >= 4 is 16.8 Å². The van der Waals surface area contributed by atoms with Gasteiger partial charge in [0.1, 0.15) is 6.04 Å². The van der Waals surface area contributed by atoms with E-state index in [0.717, 1.165) is 55.2 Å². The lowest BCUT2D eigenvalue weighted by Crippen LogP contribution is -2.41. The van der Waals surface area contributed by atoms with Gasteiger partial charge in [0.05, 0.1) is 11.6 Å². The molecule has 0 saturated carbocycles. The second kappa shape index (κ2) is 8.73. The minimum atomic E-state index is -0.599. The lowest BCUT2D eigenvalue weighted by molar-refractivity contribution is -0.133. The molecule has 2 heterocycles. The van der Waals surface area contributed by atoms with Crippen LogP contribution in [0.4, 0.5) is 0 Å². The maximum absolute atomic E-state index is 13.1. The minimum absolute atomic E-state index is 0.0263. The van der Waals surface area contributed by atoms with Gasteiger partial charge in [-0.2, -0.15) is 5.26 Å². The molecule has 4 rings (SSSR count). The fourth-order valence-corrected chi connectivity index (χ4v) is 4.68. The molecule has 0 bridgehead atoms. The van der Waals surface area contributed by atoms with E-state index in [2.05, 4.69) is 23.6 Å². The Morgan fingerprint density at radius 1 is 1.23 bits per heavy atom. The van der Waals surface area contributed by atoms with Crippen LogP contribution in [-0.2, 0) is 17.8 Å². The van der Waals surface area contributed by atoms with Crippen molar-refractivity contribution in [3.8, 4) is 6.07 Å². The number of aryl methyl sites for hydroxylation is 2. The highest BCUT2D eigenvalue weighted by molar-refractivity contribution is 5.84. The number of hydrogen-bond donors (Lipinski definition) is 1. The lowest BCUT2D eigenvalue weighted by atomic mass is 10.0. The summed E-state index contributed by atoms with van der Waals surface area (Å²) >= 11 is 0. The second-order valence-corrected chi connectivity index (χ2v) is 8.02. The van der Waals surface area contributed by atoms with Crippen LogP contribution >= 0.6 is 0 Å². The zero-order chi connectivity index (χ0) is 21.1. The van der Waals surface area contributed by atoms with Crippen LogP contribution in [0, 0.1) is 11.3 Å². The Morgan fingerprint density at radius 2 is 2.03 bits per heavy atom. The Kier molecular flexibility index (Phi) is 5.87. The number of nitriles is 1.